The molecule has 0 aliphatic rings. The molecule has 0 heterocycles. The minimum atomic E-state index is -0.987. The zero-order valence-corrected chi connectivity index (χ0v) is 10.7. The number of methoxy groups -OCH3 is 1. The lowest BCUT2D eigenvalue weighted by Gasteiger charge is -2.11. The van der Waals surface area contributed by atoms with E-state index in [4.69, 9.17) is 9.84 Å². The van der Waals surface area contributed by atoms with Gasteiger partial charge in [0, 0.05) is 0 Å². The summed E-state index contributed by atoms with van der Waals surface area (Å²) < 4.78 is 5.11. The molecule has 2 N–H and O–H groups in total. The van der Waals surface area contributed by atoms with Crippen molar-refractivity contribution in [3.63, 3.8) is 0 Å². The predicted octanol–water partition coefficient (Wildman–Crippen LogP) is 1.25. The molecule has 1 unspecified atom stereocenters. The van der Waals surface area contributed by atoms with Crippen LogP contribution in [-0.4, -0.2) is 36.6 Å². The normalized spacial score (nSPS) is 11.9. The van der Waals surface area contributed by atoms with Crippen molar-refractivity contribution in [2.24, 2.45) is 0 Å². The number of carboxylic acid groups (broad SMARTS) is 1. The number of hydrogen-bond donors (Lipinski definition) is 2. The maximum absolute atomic E-state index is 12.0. The fraction of sp³-hybridized carbons (Fsp3) is 0.385. The second-order valence-corrected chi connectivity index (χ2v) is 4.07. The van der Waals surface area contributed by atoms with Crippen molar-refractivity contribution in [3.8, 4) is 5.75 Å². The van der Waals surface area contributed by atoms with Crippen molar-refractivity contribution >= 4 is 11.8 Å². The van der Waals surface area contributed by atoms with Gasteiger partial charge in [0.05, 0.1) is 19.2 Å². The number of aryl methyl sites for hydroxylation is 1. The van der Waals surface area contributed by atoms with Crippen LogP contribution in [0.3, 0.4) is 0 Å². The molecule has 0 aromatic heterocycles. The first-order valence-electron chi connectivity index (χ1n) is 5.59. The van der Waals surface area contributed by atoms with E-state index in [1.807, 2.05) is 13.0 Å². The van der Waals surface area contributed by atoms with Gasteiger partial charge in [-0.2, -0.15) is 0 Å². The zero-order chi connectivity index (χ0) is 13.7. The molecule has 1 aromatic rings. The van der Waals surface area contributed by atoms with Crippen molar-refractivity contribution in [2.45, 2.75) is 19.9 Å². The van der Waals surface area contributed by atoms with E-state index in [-0.39, 0.29) is 12.3 Å². The Morgan fingerprint density at radius 2 is 2.11 bits per heavy atom. The molecule has 1 atom stereocenters. The Hall–Kier alpha value is -1.88. The summed E-state index contributed by atoms with van der Waals surface area (Å²) in [7, 11) is 1.49. The number of ketones is 1. The molecule has 0 saturated carbocycles. The average Bonchev–Trinajstić information content (AvgIpc) is 2.35. The third kappa shape index (κ3) is 3.56. The Balaban J connectivity index is 2.78. The molecule has 0 bridgehead atoms. The Morgan fingerprint density at radius 1 is 1.44 bits per heavy atom. The molecule has 5 nitrogen and oxygen atoms in total. The highest BCUT2D eigenvalue weighted by Crippen LogP contribution is 2.19. The summed E-state index contributed by atoms with van der Waals surface area (Å²) >= 11 is 0. The monoisotopic (exact) mass is 251 g/mol. The van der Waals surface area contributed by atoms with Crippen molar-refractivity contribution in [2.75, 3.05) is 13.7 Å². The van der Waals surface area contributed by atoms with Gasteiger partial charge in [-0.05, 0) is 26.0 Å². The molecule has 0 radical (unpaired) electrons. The lowest BCUT2D eigenvalue weighted by atomic mass is 10.1. The molecule has 1 aromatic carbocycles. The van der Waals surface area contributed by atoms with Gasteiger partial charge in [0.2, 0.25) is 0 Å². The Bertz CT molecular complexity index is 456. The number of carbonyl (C=O) groups excluding carboxylic acids is 1. The van der Waals surface area contributed by atoms with Crippen LogP contribution in [0.2, 0.25) is 0 Å². The Kier molecular flexibility index (Phi) is 4.85. The third-order valence-electron chi connectivity index (χ3n) is 2.59. The first kappa shape index (κ1) is 14.2. The Labute approximate surface area is 106 Å². The summed E-state index contributed by atoms with van der Waals surface area (Å²) in [4.78, 5) is 22.6. The summed E-state index contributed by atoms with van der Waals surface area (Å²) in [5.41, 5.74) is 1.41. The van der Waals surface area contributed by atoms with Crippen LogP contribution in [0.1, 0.15) is 22.8 Å². The van der Waals surface area contributed by atoms with Crippen LogP contribution in [0.25, 0.3) is 0 Å². The largest absolute Gasteiger partial charge is 0.496 e. The lowest BCUT2D eigenvalue weighted by molar-refractivity contribution is -0.138. The minimum absolute atomic E-state index is 0.0344. The zero-order valence-electron chi connectivity index (χ0n) is 10.7. The summed E-state index contributed by atoms with van der Waals surface area (Å²) in [6.45, 7) is 3.33. The molecule has 1 rings (SSSR count). The molecule has 0 aliphatic carbocycles. The van der Waals surface area contributed by atoms with Crippen LogP contribution >= 0.6 is 0 Å². The number of benzene rings is 1. The smallest absolute Gasteiger partial charge is 0.320 e. The van der Waals surface area contributed by atoms with E-state index in [0.717, 1.165) is 5.56 Å². The maximum Gasteiger partial charge on any atom is 0.320 e. The number of carboxylic acids is 1. The Morgan fingerprint density at radius 3 is 2.67 bits per heavy atom. The summed E-state index contributed by atoms with van der Waals surface area (Å²) in [6, 6.07) is 4.55. The molecule has 5 heteroatoms. The van der Waals surface area contributed by atoms with Gasteiger partial charge in [-0.25, -0.2) is 0 Å². The van der Waals surface area contributed by atoms with E-state index in [1.54, 1.807) is 12.1 Å². The summed E-state index contributed by atoms with van der Waals surface area (Å²) in [5.74, 6) is -0.682. The van der Waals surface area contributed by atoms with E-state index >= 15 is 0 Å². The highest BCUT2D eigenvalue weighted by Gasteiger charge is 2.15. The predicted molar refractivity (Wildman–Crippen MR) is 67.2 cm³/mol. The second kappa shape index (κ2) is 6.16. The van der Waals surface area contributed by atoms with Crippen LogP contribution in [0, 0.1) is 6.92 Å². The first-order valence-corrected chi connectivity index (χ1v) is 5.59. The summed E-state index contributed by atoms with van der Waals surface area (Å²) in [6.07, 6.45) is 0. The summed E-state index contributed by atoms with van der Waals surface area (Å²) in [5, 5.41) is 11.4. The fourth-order valence-corrected chi connectivity index (χ4v) is 1.47. The fourth-order valence-electron chi connectivity index (χ4n) is 1.47. The SMILES string of the molecule is COc1ccc(C)cc1C(=O)CNC(C)C(=O)O. The first-order chi connectivity index (χ1) is 8.45. The molecule has 0 amide bonds. The van der Waals surface area contributed by atoms with Crippen LogP contribution in [0.4, 0.5) is 0 Å². The average molecular weight is 251 g/mol. The number of nitrogens with one attached hydrogen (secondary N) is 1. The number of aliphatic carboxylic acids is 1. The van der Waals surface area contributed by atoms with E-state index in [1.165, 1.54) is 14.0 Å². The van der Waals surface area contributed by atoms with Crippen molar-refractivity contribution in [1.29, 1.82) is 0 Å². The molecule has 18 heavy (non-hydrogen) atoms. The number of carbonyl (C=O) groups is 2. The van der Waals surface area contributed by atoms with Crippen molar-refractivity contribution < 1.29 is 19.4 Å². The van der Waals surface area contributed by atoms with Gasteiger partial charge in [0.1, 0.15) is 11.8 Å². The molecule has 0 aliphatic heterocycles. The molecular weight excluding hydrogens is 234 g/mol. The van der Waals surface area contributed by atoms with Gasteiger partial charge in [-0.15, -0.1) is 0 Å². The molecule has 0 fully saturated rings. The topological polar surface area (TPSA) is 75.6 Å². The van der Waals surface area contributed by atoms with Gasteiger partial charge >= 0.3 is 5.97 Å². The van der Waals surface area contributed by atoms with Crippen molar-refractivity contribution in [1.82, 2.24) is 5.32 Å². The number of ether oxygens (including phenoxy) is 1. The number of rotatable bonds is 6. The molecule has 0 spiro atoms. The third-order valence-corrected chi connectivity index (χ3v) is 2.59. The standard InChI is InChI=1S/C13H17NO4/c1-8-4-5-12(18-3)10(6-8)11(15)7-14-9(2)13(16)17/h4-6,9,14H,7H2,1-3H3,(H,16,17). The van der Waals surface area contributed by atoms with E-state index in [9.17, 15) is 9.59 Å². The lowest BCUT2D eigenvalue weighted by Crippen LogP contribution is -2.37. The van der Waals surface area contributed by atoms with Crippen LogP contribution in [-0.2, 0) is 4.79 Å². The van der Waals surface area contributed by atoms with Gasteiger partial charge in [0.15, 0.2) is 5.78 Å². The van der Waals surface area contributed by atoms with E-state index < -0.39 is 12.0 Å². The van der Waals surface area contributed by atoms with Gasteiger partial charge < -0.3 is 9.84 Å². The van der Waals surface area contributed by atoms with Crippen molar-refractivity contribution in [3.05, 3.63) is 29.3 Å². The maximum atomic E-state index is 12.0. The second-order valence-electron chi connectivity index (χ2n) is 4.07. The van der Waals surface area contributed by atoms with E-state index in [2.05, 4.69) is 5.32 Å². The molecule has 98 valence electrons. The van der Waals surface area contributed by atoms with Crippen LogP contribution in [0.5, 0.6) is 5.75 Å². The quantitative estimate of drug-likeness (QED) is 0.744. The van der Waals surface area contributed by atoms with Crippen LogP contribution in [0.15, 0.2) is 18.2 Å². The molecular formula is C13H17NO4. The number of hydrogen-bond acceptors (Lipinski definition) is 4. The van der Waals surface area contributed by atoms with Crippen LogP contribution < -0.4 is 10.1 Å². The molecule has 0 saturated heterocycles. The number of Topliss-reactive ketones (excluding diaryl/α,β-unsaturated/α-hetero) is 1. The minimum Gasteiger partial charge on any atom is -0.496 e. The highest BCUT2D eigenvalue weighted by molar-refractivity contribution is 6.00. The highest BCUT2D eigenvalue weighted by atomic mass is 16.5. The van der Waals surface area contributed by atoms with E-state index in [0.29, 0.717) is 11.3 Å². The van der Waals surface area contributed by atoms with Gasteiger partial charge in [-0.3, -0.25) is 14.9 Å². The van der Waals surface area contributed by atoms with Gasteiger partial charge in [0.25, 0.3) is 0 Å². The van der Waals surface area contributed by atoms with Gasteiger partial charge in [-0.1, -0.05) is 11.6 Å².